The minimum absolute atomic E-state index is 0.361. The second-order valence-electron chi connectivity index (χ2n) is 8.03. The van der Waals surface area contributed by atoms with E-state index in [9.17, 15) is 0 Å². The van der Waals surface area contributed by atoms with Gasteiger partial charge in [0.05, 0.1) is 6.10 Å². The molecular formula is C17H35NO. The maximum absolute atomic E-state index is 6.24. The van der Waals surface area contributed by atoms with Crippen molar-refractivity contribution < 1.29 is 4.74 Å². The Hall–Kier alpha value is -0.0800. The Morgan fingerprint density at radius 3 is 2.53 bits per heavy atom. The average Bonchev–Trinajstić information content (AvgIpc) is 2.25. The zero-order valence-corrected chi connectivity index (χ0v) is 14.0. The van der Waals surface area contributed by atoms with Gasteiger partial charge in [-0.25, -0.2) is 0 Å². The van der Waals surface area contributed by atoms with Crippen LogP contribution in [0, 0.1) is 10.8 Å². The van der Waals surface area contributed by atoms with Gasteiger partial charge in [0.1, 0.15) is 0 Å². The molecule has 0 radical (unpaired) electrons. The SMILES string of the molecule is CCCNC1C(OCCC(C)(C)C)CCCC1(C)C. The highest BCUT2D eigenvalue weighted by atomic mass is 16.5. The molecule has 0 aromatic heterocycles. The average molecular weight is 269 g/mol. The first-order valence-corrected chi connectivity index (χ1v) is 8.11. The van der Waals surface area contributed by atoms with Crippen molar-refractivity contribution in [3.05, 3.63) is 0 Å². The highest BCUT2D eigenvalue weighted by Crippen LogP contribution is 2.37. The zero-order valence-electron chi connectivity index (χ0n) is 14.0. The fraction of sp³-hybridized carbons (Fsp3) is 1.00. The van der Waals surface area contributed by atoms with E-state index in [2.05, 4.69) is 46.9 Å². The number of nitrogens with one attached hydrogen (secondary N) is 1. The van der Waals surface area contributed by atoms with E-state index in [1.54, 1.807) is 0 Å². The molecule has 0 aromatic carbocycles. The quantitative estimate of drug-likeness (QED) is 0.772. The van der Waals surface area contributed by atoms with Gasteiger partial charge in [-0.1, -0.05) is 48.0 Å². The molecule has 114 valence electrons. The Labute approximate surface area is 120 Å². The molecule has 19 heavy (non-hydrogen) atoms. The van der Waals surface area contributed by atoms with Gasteiger partial charge in [-0.05, 0) is 43.1 Å². The maximum Gasteiger partial charge on any atom is 0.0733 e. The monoisotopic (exact) mass is 269 g/mol. The Morgan fingerprint density at radius 1 is 1.26 bits per heavy atom. The third-order valence-electron chi connectivity index (χ3n) is 4.32. The van der Waals surface area contributed by atoms with Gasteiger partial charge >= 0.3 is 0 Å². The van der Waals surface area contributed by atoms with Crippen LogP contribution in [-0.4, -0.2) is 25.3 Å². The lowest BCUT2D eigenvalue weighted by atomic mass is 9.71. The highest BCUT2D eigenvalue weighted by molar-refractivity contribution is 4.94. The van der Waals surface area contributed by atoms with Gasteiger partial charge in [-0.2, -0.15) is 0 Å². The smallest absolute Gasteiger partial charge is 0.0733 e. The van der Waals surface area contributed by atoms with Crippen LogP contribution < -0.4 is 5.32 Å². The van der Waals surface area contributed by atoms with E-state index in [1.807, 2.05) is 0 Å². The van der Waals surface area contributed by atoms with Crippen LogP contribution in [0.3, 0.4) is 0 Å². The van der Waals surface area contributed by atoms with Crippen LogP contribution in [0.15, 0.2) is 0 Å². The van der Waals surface area contributed by atoms with Crippen LogP contribution in [0.5, 0.6) is 0 Å². The predicted octanol–water partition coefficient (Wildman–Crippen LogP) is 4.39. The van der Waals surface area contributed by atoms with Crippen molar-refractivity contribution in [2.45, 2.75) is 85.8 Å². The molecule has 0 heterocycles. The third kappa shape index (κ3) is 5.83. The van der Waals surface area contributed by atoms with Crippen molar-refractivity contribution in [3.63, 3.8) is 0 Å². The van der Waals surface area contributed by atoms with Gasteiger partial charge in [-0.15, -0.1) is 0 Å². The van der Waals surface area contributed by atoms with E-state index in [4.69, 9.17) is 4.74 Å². The first-order chi connectivity index (χ1) is 8.76. The minimum Gasteiger partial charge on any atom is -0.377 e. The molecule has 0 saturated heterocycles. The Bertz CT molecular complexity index is 254. The van der Waals surface area contributed by atoms with Crippen LogP contribution >= 0.6 is 0 Å². The molecule has 1 aliphatic carbocycles. The molecule has 1 aliphatic rings. The highest BCUT2D eigenvalue weighted by Gasteiger charge is 2.39. The first kappa shape index (κ1) is 17.0. The lowest BCUT2D eigenvalue weighted by molar-refractivity contribution is -0.0436. The van der Waals surface area contributed by atoms with E-state index in [0.29, 0.717) is 23.0 Å². The summed E-state index contributed by atoms with van der Waals surface area (Å²) >= 11 is 0. The summed E-state index contributed by atoms with van der Waals surface area (Å²) in [5.74, 6) is 0. The number of hydrogen-bond donors (Lipinski definition) is 1. The van der Waals surface area contributed by atoms with E-state index >= 15 is 0 Å². The molecule has 1 saturated carbocycles. The van der Waals surface area contributed by atoms with Gasteiger partial charge in [0.15, 0.2) is 0 Å². The zero-order chi connectivity index (χ0) is 14.5. The molecule has 0 amide bonds. The number of ether oxygens (including phenoxy) is 1. The summed E-state index contributed by atoms with van der Waals surface area (Å²) in [4.78, 5) is 0. The molecule has 2 heteroatoms. The Kier molecular flexibility index (Phi) is 6.32. The maximum atomic E-state index is 6.24. The largest absolute Gasteiger partial charge is 0.377 e. The second kappa shape index (κ2) is 7.08. The fourth-order valence-electron chi connectivity index (χ4n) is 2.99. The second-order valence-corrected chi connectivity index (χ2v) is 8.03. The number of hydrogen-bond acceptors (Lipinski definition) is 2. The van der Waals surface area contributed by atoms with Gasteiger partial charge in [-0.3, -0.25) is 0 Å². The Morgan fingerprint density at radius 2 is 1.95 bits per heavy atom. The van der Waals surface area contributed by atoms with Gasteiger partial charge in [0.25, 0.3) is 0 Å². The van der Waals surface area contributed by atoms with Gasteiger partial charge in [0.2, 0.25) is 0 Å². The molecule has 2 nitrogen and oxygen atoms in total. The predicted molar refractivity (Wildman–Crippen MR) is 83.5 cm³/mol. The molecule has 2 unspecified atom stereocenters. The minimum atomic E-state index is 0.361. The summed E-state index contributed by atoms with van der Waals surface area (Å²) in [7, 11) is 0. The van der Waals surface area contributed by atoms with Crippen LogP contribution in [0.2, 0.25) is 0 Å². The molecule has 0 aliphatic heterocycles. The van der Waals surface area contributed by atoms with E-state index in [-0.39, 0.29) is 0 Å². The van der Waals surface area contributed by atoms with Gasteiger partial charge < -0.3 is 10.1 Å². The molecule has 0 bridgehead atoms. The molecule has 0 spiro atoms. The van der Waals surface area contributed by atoms with Crippen molar-refractivity contribution in [3.8, 4) is 0 Å². The van der Waals surface area contributed by atoms with Crippen LogP contribution in [0.25, 0.3) is 0 Å². The van der Waals surface area contributed by atoms with E-state index in [0.717, 1.165) is 19.6 Å². The summed E-state index contributed by atoms with van der Waals surface area (Å²) in [6, 6.07) is 0.515. The van der Waals surface area contributed by atoms with E-state index in [1.165, 1.54) is 25.7 Å². The van der Waals surface area contributed by atoms with E-state index < -0.39 is 0 Å². The molecule has 0 aromatic rings. The normalized spacial score (nSPS) is 27.5. The van der Waals surface area contributed by atoms with Crippen molar-refractivity contribution in [2.24, 2.45) is 10.8 Å². The molecular weight excluding hydrogens is 234 g/mol. The summed E-state index contributed by atoms with van der Waals surface area (Å²) < 4.78 is 6.24. The Balaban J connectivity index is 2.52. The van der Waals surface area contributed by atoms with Gasteiger partial charge in [0, 0.05) is 12.6 Å². The third-order valence-corrected chi connectivity index (χ3v) is 4.32. The molecule has 1 rings (SSSR count). The lowest BCUT2D eigenvalue weighted by Gasteiger charge is -2.44. The first-order valence-electron chi connectivity index (χ1n) is 8.11. The summed E-state index contributed by atoms with van der Waals surface area (Å²) in [6.45, 7) is 15.9. The lowest BCUT2D eigenvalue weighted by Crippen LogP contribution is -2.53. The summed E-state index contributed by atoms with van der Waals surface area (Å²) in [5.41, 5.74) is 0.732. The van der Waals surface area contributed by atoms with Crippen LogP contribution in [0.4, 0.5) is 0 Å². The summed E-state index contributed by atoms with van der Waals surface area (Å²) in [6.07, 6.45) is 6.57. The van der Waals surface area contributed by atoms with Crippen LogP contribution in [-0.2, 0) is 4.74 Å². The van der Waals surface area contributed by atoms with Crippen LogP contribution in [0.1, 0.15) is 73.6 Å². The van der Waals surface area contributed by atoms with Crippen molar-refractivity contribution in [2.75, 3.05) is 13.2 Å². The summed E-state index contributed by atoms with van der Waals surface area (Å²) in [5, 5.41) is 3.73. The van der Waals surface area contributed by atoms with Crippen molar-refractivity contribution in [1.29, 1.82) is 0 Å². The molecule has 2 atom stereocenters. The fourth-order valence-corrected chi connectivity index (χ4v) is 2.99. The standard InChI is InChI=1S/C17H35NO/c1-7-12-18-15-14(9-8-10-17(15,5)6)19-13-11-16(2,3)4/h14-15,18H,7-13H2,1-6H3. The molecule has 1 fully saturated rings. The number of rotatable bonds is 6. The van der Waals surface area contributed by atoms with Crippen molar-refractivity contribution >= 4 is 0 Å². The topological polar surface area (TPSA) is 21.3 Å². The molecule has 1 N–H and O–H groups in total. The van der Waals surface area contributed by atoms with Crippen molar-refractivity contribution in [1.82, 2.24) is 5.32 Å².